The van der Waals surface area contributed by atoms with Crippen LogP contribution in [0.3, 0.4) is 0 Å². The molecule has 0 N–H and O–H groups in total. The van der Waals surface area contributed by atoms with E-state index in [2.05, 4.69) is 19.1 Å². The van der Waals surface area contributed by atoms with Crippen molar-refractivity contribution in [2.75, 3.05) is 6.61 Å². The van der Waals surface area contributed by atoms with Crippen LogP contribution in [0.15, 0.2) is 23.8 Å². The highest BCUT2D eigenvalue weighted by atomic mass is 16.5. The molecule has 25 heavy (non-hydrogen) atoms. The number of hydrogen-bond donors (Lipinski definition) is 0. The highest BCUT2D eigenvalue weighted by Gasteiger charge is 2.77. The van der Waals surface area contributed by atoms with E-state index in [0.717, 1.165) is 49.0 Å². The Morgan fingerprint density at radius 3 is 2.96 bits per heavy atom. The number of carbonyl (C=O) groups is 1. The standard InChI is InChI=1S/C23H30O2/c1-2-22-10-8-17-16-7-5-15(24)12-14(16)4-6-18(17)21(22)19-13-20(19)23(22)9-3-11-25-23/h4,6,12,16-21H,2-3,5,7-11,13H2,1H3/t16-,17?,18?,19?,20-,21?,22-,23-/m0/s1. The Hall–Kier alpha value is -0.890. The zero-order valence-electron chi connectivity index (χ0n) is 15.4. The second-order valence-corrected chi connectivity index (χ2v) is 9.78. The van der Waals surface area contributed by atoms with Crippen LogP contribution in [0.5, 0.6) is 0 Å². The summed E-state index contributed by atoms with van der Waals surface area (Å²) in [5.74, 6) is 5.14. The van der Waals surface area contributed by atoms with Crippen LogP contribution in [0.2, 0.25) is 0 Å². The minimum Gasteiger partial charge on any atom is -0.374 e. The second kappa shape index (κ2) is 4.88. The van der Waals surface area contributed by atoms with Gasteiger partial charge in [0.15, 0.2) is 5.78 Å². The van der Waals surface area contributed by atoms with E-state index in [1.807, 2.05) is 6.08 Å². The molecule has 4 fully saturated rings. The Labute approximate surface area is 151 Å². The van der Waals surface area contributed by atoms with Gasteiger partial charge in [-0.3, -0.25) is 4.79 Å². The molecule has 0 aromatic rings. The predicted octanol–water partition coefficient (Wildman–Crippen LogP) is 4.70. The smallest absolute Gasteiger partial charge is 0.155 e. The van der Waals surface area contributed by atoms with E-state index in [1.54, 1.807) is 0 Å². The van der Waals surface area contributed by atoms with E-state index >= 15 is 0 Å². The van der Waals surface area contributed by atoms with Crippen molar-refractivity contribution in [1.29, 1.82) is 0 Å². The van der Waals surface area contributed by atoms with Crippen molar-refractivity contribution in [2.24, 2.45) is 40.9 Å². The first-order valence-electron chi connectivity index (χ1n) is 10.8. The Morgan fingerprint density at radius 2 is 2.16 bits per heavy atom. The number of allylic oxidation sites excluding steroid dienone is 4. The number of ketones is 1. The molecule has 6 rings (SSSR count). The van der Waals surface area contributed by atoms with Crippen LogP contribution in [-0.2, 0) is 9.53 Å². The van der Waals surface area contributed by atoms with Crippen LogP contribution in [0.4, 0.5) is 0 Å². The van der Waals surface area contributed by atoms with Gasteiger partial charge in [0.1, 0.15) is 0 Å². The first kappa shape index (κ1) is 15.2. The molecule has 0 radical (unpaired) electrons. The monoisotopic (exact) mass is 338 g/mol. The van der Waals surface area contributed by atoms with E-state index in [1.165, 1.54) is 44.1 Å². The van der Waals surface area contributed by atoms with Gasteiger partial charge in [-0.25, -0.2) is 0 Å². The third-order valence-electron chi connectivity index (χ3n) is 9.38. The molecule has 5 aliphatic carbocycles. The maximum absolute atomic E-state index is 11.9. The SMILES string of the molecule is CC[C@]12CCC3C(C=CC4=CC(=O)CC[C@@H]43)C1C1C[C@@H]1[C@@]21CCCO1. The molecule has 2 nitrogen and oxygen atoms in total. The van der Waals surface area contributed by atoms with Gasteiger partial charge in [0.25, 0.3) is 0 Å². The van der Waals surface area contributed by atoms with E-state index in [4.69, 9.17) is 4.74 Å². The highest BCUT2D eigenvalue weighted by Crippen LogP contribution is 2.78. The Kier molecular flexibility index (Phi) is 2.97. The van der Waals surface area contributed by atoms with Crippen molar-refractivity contribution in [3.05, 3.63) is 23.8 Å². The number of hydrogen-bond acceptors (Lipinski definition) is 2. The molecule has 1 spiro atoms. The Bertz CT molecular complexity index is 682. The first-order valence-corrected chi connectivity index (χ1v) is 10.8. The zero-order valence-corrected chi connectivity index (χ0v) is 15.4. The first-order chi connectivity index (χ1) is 12.2. The molecule has 3 saturated carbocycles. The van der Waals surface area contributed by atoms with Gasteiger partial charge in [0.05, 0.1) is 5.60 Å². The molecule has 0 amide bonds. The predicted molar refractivity (Wildman–Crippen MR) is 96.9 cm³/mol. The molecule has 0 aromatic carbocycles. The van der Waals surface area contributed by atoms with Gasteiger partial charge < -0.3 is 4.74 Å². The molecule has 1 aliphatic heterocycles. The molecule has 6 aliphatic rings. The fourth-order valence-electron chi connectivity index (χ4n) is 8.60. The Morgan fingerprint density at radius 1 is 1.24 bits per heavy atom. The molecule has 0 aromatic heterocycles. The van der Waals surface area contributed by atoms with Crippen LogP contribution in [0.25, 0.3) is 0 Å². The van der Waals surface area contributed by atoms with Crippen LogP contribution >= 0.6 is 0 Å². The summed E-state index contributed by atoms with van der Waals surface area (Å²) in [5, 5.41) is 0. The van der Waals surface area contributed by atoms with Gasteiger partial charge >= 0.3 is 0 Å². The van der Waals surface area contributed by atoms with Crippen molar-refractivity contribution in [3.8, 4) is 0 Å². The number of carbonyl (C=O) groups excluding carboxylic acids is 1. The van der Waals surface area contributed by atoms with E-state index in [-0.39, 0.29) is 5.60 Å². The lowest BCUT2D eigenvalue weighted by Gasteiger charge is -2.57. The third kappa shape index (κ3) is 1.69. The summed E-state index contributed by atoms with van der Waals surface area (Å²) in [4.78, 5) is 11.9. The van der Waals surface area contributed by atoms with Crippen LogP contribution in [-0.4, -0.2) is 18.0 Å². The molecule has 1 heterocycles. The molecular weight excluding hydrogens is 308 g/mol. The summed E-state index contributed by atoms with van der Waals surface area (Å²) in [6.07, 6.45) is 16.7. The minimum absolute atomic E-state index is 0.231. The summed E-state index contributed by atoms with van der Waals surface area (Å²) < 4.78 is 6.64. The molecule has 1 saturated heterocycles. The van der Waals surface area contributed by atoms with E-state index < -0.39 is 0 Å². The topological polar surface area (TPSA) is 26.3 Å². The largest absolute Gasteiger partial charge is 0.374 e. The van der Waals surface area contributed by atoms with Crippen LogP contribution in [0, 0.1) is 40.9 Å². The third-order valence-corrected chi connectivity index (χ3v) is 9.38. The van der Waals surface area contributed by atoms with E-state index in [9.17, 15) is 4.79 Å². The highest BCUT2D eigenvalue weighted by molar-refractivity contribution is 5.91. The lowest BCUT2D eigenvalue weighted by atomic mass is 9.49. The van der Waals surface area contributed by atoms with Crippen molar-refractivity contribution >= 4 is 5.78 Å². The van der Waals surface area contributed by atoms with Gasteiger partial charge in [-0.05, 0) is 92.1 Å². The van der Waals surface area contributed by atoms with Crippen molar-refractivity contribution in [2.45, 2.75) is 63.9 Å². The maximum atomic E-state index is 11.9. The molecule has 0 bridgehead atoms. The molecule has 134 valence electrons. The molecule has 4 unspecified atom stereocenters. The maximum Gasteiger partial charge on any atom is 0.155 e. The zero-order chi connectivity index (χ0) is 16.8. The Balaban J connectivity index is 1.43. The molecular formula is C23H30O2. The second-order valence-electron chi connectivity index (χ2n) is 9.78. The lowest BCUT2D eigenvalue weighted by molar-refractivity contribution is -0.150. The van der Waals surface area contributed by atoms with Crippen molar-refractivity contribution in [3.63, 3.8) is 0 Å². The van der Waals surface area contributed by atoms with Crippen molar-refractivity contribution in [1.82, 2.24) is 0 Å². The van der Waals surface area contributed by atoms with Crippen LogP contribution < -0.4 is 0 Å². The fourth-order valence-corrected chi connectivity index (χ4v) is 8.60. The summed E-state index contributed by atoms with van der Waals surface area (Å²) in [6, 6.07) is 0. The lowest BCUT2D eigenvalue weighted by Crippen LogP contribution is -2.55. The number of fused-ring (bicyclic) bond motifs is 9. The fraction of sp³-hybridized carbons (Fsp3) is 0.783. The average Bonchev–Trinajstić information content (AvgIpc) is 3.20. The van der Waals surface area contributed by atoms with Crippen molar-refractivity contribution < 1.29 is 9.53 Å². The summed E-state index contributed by atoms with van der Waals surface area (Å²) >= 11 is 0. The van der Waals surface area contributed by atoms with Gasteiger partial charge in [-0.15, -0.1) is 0 Å². The summed E-state index contributed by atoms with van der Waals surface area (Å²) in [7, 11) is 0. The average molecular weight is 338 g/mol. The summed E-state index contributed by atoms with van der Waals surface area (Å²) in [6.45, 7) is 3.44. The minimum atomic E-state index is 0.231. The number of ether oxygens (including phenoxy) is 1. The number of rotatable bonds is 1. The van der Waals surface area contributed by atoms with Gasteiger partial charge in [0, 0.05) is 18.4 Å². The van der Waals surface area contributed by atoms with Crippen LogP contribution in [0.1, 0.15) is 58.3 Å². The molecule has 8 atom stereocenters. The summed E-state index contributed by atoms with van der Waals surface area (Å²) in [5.41, 5.74) is 2.02. The van der Waals surface area contributed by atoms with E-state index in [0.29, 0.717) is 17.1 Å². The van der Waals surface area contributed by atoms with Gasteiger partial charge in [-0.2, -0.15) is 0 Å². The van der Waals surface area contributed by atoms with Gasteiger partial charge in [0.2, 0.25) is 0 Å². The normalized spacial score (nSPS) is 55.4. The molecule has 2 heteroatoms. The quantitative estimate of drug-likeness (QED) is 0.693. The van der Waals surface area contributed by atoms with Gasteiger partial charge in [-0.1, -0.05) is 19.1 Å².